The lowest BCUT2D eigenvalue weighted by molar-refractivity contribution is -0.133. The van der Waals surface area contributed by atoms with Crippen LogP contribution < -0.4 is 5.32 Å². The summed E-state index contributed by atoms with van der Waals surface area (Å²) in [4.78, 5) is 13.8. The topological polar surface area (TPSA) is 56.1 Å². The molecule has 1 aliphatic heterocycles. The number of nitrogens with zero attached hydrogens (tertiary/aromatic N) is 2. The average Bonchev–Trinajstić information content (AvgIpc) is 2.46. The number of piperazine rings is 1. The number of unbranched alkanes of at least 4 members (excludes halogenated alkanes) is 6. The zero-order valence-electron chi connectivity index (χ0n) is 12.2. The Morgan fingerprint density at radius 3 is 2.63 bits per heavy atom. The highest BCUT2D eigenvalue weighted by atomic mass is 16.2. The minimum absolute atomic E-state index is 0.154. The molecule has 108 valence electrons. The number of rotatable bonds is 8. The van der Waals surface area contributed by atoms with Crippen molar-refractivity contribution in [3.05, 3.63) is 0 Å². The first-order valence-electron chi connectivity index (χ1n) is 7.69. The van der Waals surface area contributed by atoms with Crippen molar-refractivity contribution in [2.75, 3.05) is 19.6 Å². The molecule has 0 aromatic carbocycles. The Balaban J connectivity index is 2.11. The van der Waals surface area contributed by atoms with Crippen LogP contribution in [0.15, 0.2) is 0 Å². The first-order valence-corrected chi connectivity index (χ1v) is 7.69. The Kier molecular flexibility index (Phi) is 8.24. The lowest BCUT2D eigenvalue weighted by atomic mass is 10.1. The molecule has 1 rings (SSSR count). The molecule has 0 spiro atoms. The highest BCUT2D eigenvalue weighted by molar-refractivity contribution is 5.77. The predicted molar refractivity (Wildman–Crippen MR) is 76.6 cm³/mol. The molecule has 4 heteroatoms. The van der Waals surface area contributed by atoms with Crippen molar-refractivity contribution in [3.8, 4) is 6.07 Å². The van der Waals surface area contributed by atoms with Gasteiger partial charge in [0.2, 0.25) is 5.91 Å². The molecule has 0 aliphatic carbocycles. The first-order chi connectivity index (χ1) is 9.29. The molecule has 1 aliphatic rings. The minimum atomic E-state index is -0.272. The van der Waals surface area contributed by atoms with E-state index in [2.05, 4.69) is 18.3 Å². The number of hydrogen-bond donors (Lipinski definition) is 1. The van der Waals surface area contributed by atoms with Crippen molar-refractivity contribution >= 4 is 5.91 Å². The van der Waals surface area contributed by atoms with Crippen LogP contribution in [0.3, 0.4) is 0 Å². The van der Waals surface area contributed by atoms with Crippen molar-refractivity contribution in [3.63, 3.8) is 0 Å². The van der Waals surface area contributed by atoms with Crippen molar-refractivity contribution in [1.82, 2.24) is 10.2 Å². The Labute approximate surface area is 117 Å². The third kappa shape index (κ3) is 6.07. The van der Waals surface area contributed by atoms with Gasteiger partial charge in [-0.25, -0.2) is 0 Å². The van der Waals surface area contributed by atoms with E-state index in [9.17, 15) is 4.79 Å². The number of nitrogens with one attached hydrogen (secondary N) is 1. The summed E-state index contributed by atoms with van der Waals surface area (Å²) in [5.74, 6) is 0.154. The number of carbonyl (C=O) groups excluding carboxylic acids is 1. The maximum Gasteiger partial charge on any atom is 0.223 e. The number of amides is 1. The summed E-state index contributed by atoms with van der Waals surface area (Å²) >= 11 is 0. The van der Waals surface area contributed by atoms with Gasteiger partial charge in [-0.2, -0.15) is 5.26 Å². The van der Waals surface area contributed by atoms with Crippen LogP contribution in [0.4, 0.5) is 0 Å². The first kappa shape index (κ1) is 16.0. The molecule has 1 saturated heterocycles. The van der Waals surface area contributed by atoms with Gasteiger partial charge in [0.05, 0.1) is 6.07 Å². The fourth-order valence-corrected chi connectivity index (χ4v) is 2.50. The van der Waals surface area contributed by atoms with Crippen LogP contribution in [0.2, 0.25) is 0 Å². The molecule has 4 nitrogen and oxygen atoms in total. The summed E-state index contributed by atoms with van der Waals surface area (Å²) in [6.45, 7) is 4.31. The highest BCUT2D eigenvalue weighted by Gasteiger charge is 2.25. The molecular weight excluding hydrogens is 238 g/mol. The summed E-state index contributed by atoms with van der Waals surface area (Å²) in [7, 11) is 0. The van der Waals surface area contributed by atoms with Crippen LogP contribution in [0, 0.1) is 11.3 Å². The normalized spacial score (nSPS) is 19.2. The van der Waals surface area contributed by atoms with Crippen molar-refractivity contribution in [1.29, 1.82) is 5.26 Å². The van der Waals surface area contributed by atoms with Crippen LogP contribution >= 0.6 is 0 Å². The number of hydrogen-bond acceptors (Lipinski definition) is 3. The van der Waals surface area contributed by atoms with Crippen molar-refractivity contribution in [2.24, 2.45) is 0 Å². The molecule has 1 atom stereocenters. The molecule has 1 amide bonds. The Bertz CT molecular complexity index is 298. The Morgan fingerprint density at radius 2 is 1.95 bits per heavy atom. The fraction of sp³-hybridized carbons (Fsp3) is 0.867. The average molecular weight is 265 g/mol. The van der Waals surface area contributed by atoms with Crippen LogP contribution in [0.5, 0.6) is 0 Å². The maximum absolute atomic E-state index is 12.0. The summed E-state index contributed by atoms with van der Waals surface area (Å²) in [6.07, 6.45) is 9.14. The van der Waals surface area contributed by atoms with E-state index in [1.54, 1.807) is 4.90 Å². The Morgan fingerprint density at radius 1 is 1.26 bits per heavy atom. The Hall–Kier alpha value is -1.08. The molecule has 0 aromatic rings. The lowest BCUT2D eigenvalue weighted by Gasteiger charge is -2.32. The van der Waals surface area contributed by atoms with Crippen molar-refractivity contribution in [2.45, 2.75) is 64.3 Å². The van der Waals surface area contributed by atoms with Gasteiger partial charge in [0.15, 0.2) is 0 Å². The minimum Gasteiger partial charge on any atom is -0.324 e. The molecule has 0 bridgehead atoms. The predicted octanol–water partition coefficient (Wildman–Crippen LogP) is 2.45. The van der Waals surface area contributed by atoms with Gasteiger partial charge in [-0.15, -0.1) is 0 Å². The van der Waals surface area contributed by atoms with Gasteiger partial charge in [0.25, 0.3) is 0 Å². The molecule has 1 unspecified atom stereocenters. The van der Waals surface area contributed by atoms with E-state index in [0.29, 0.717) is 19.5 Å². The molecule has 1 heterocycles. The third-order valence-electron chi connectivity index (χ3n) is 3.71. The largest absolute Gasteiger partial charge is 0.324 e. The molecule has 0 aromatic heterocycles. The van der Waals surface area contributed by atoms with Gasteiger partial charge in [-0.3, -0.25) is 4.79 Å². The van der Waals surface area contributed by atoms with E-state index in [-0.39, 0.29) is 11.9 Å². The fourth-order valence-electron chi connectivity index (χ4n) is 2.50. The summed E-state index contributed by atoms with van der Waals surface area (Å²) in [5.41, 5.74) is 0. The number of carbonyl (C=O) groups is 1. The van der Waals surface area contributed by atoms with E-state index < -0.39 is 0 Å². The van der Waals surface area contributed by atoms with Crippen LogP contribution in [0.25, 0.3) is 0 Å². The third-order valence-corrected chi connectivity index (χ3v) is 3.71. The van der Waals surface area contributed by atoms with Gasteiger partial charge in [-0.1, -0.05) is 45.4 Å². The molecule has 0 saturated carbocycles. The molecule has 1 fully saturated rings. The maximum atomic E-state index is 12.0. The summed E-state index contributed by atoms with van der Waals surface area (Å²) in [6, 6.07) is 1.93. The van der Waals surface area contributed by atoms with Crippen molar-refractivity contribution < 1.29 is 4.79 Å². The molecule has 19 heavy (non-hydrogen) atoms. The number of nitriles is 1. The van der Waals surface area contributed by atoms with E-state index >= 15 is 0 Å². The summed E-state index contributed by atoms with van der Waals surface area (Å²) in [5, 5.41) is 12.2. The lowest BCUT2D eigenvalue weighted by Crippen LogP contribution is -2.52. The second-order valence-corrected chi connectivity index (χ2v) is 5.31. The zero-order valence-corrected chi connectivity index (χ0v) is 12.2. The van der Waals surface area contributed by atoms with Gasteiger partial charge in [0.1, 0.15) is 6.04 Å². The van der Waals surface area contributed by atoms with E-state index in [4.69, 9.17) is 5.26 Å². The highest BCUT2D eigenvalue weighted by Crippen LogP contribution is 2.11. The summed E-state index contributed by atoms with van der Waals surface area (Å²) < 4.78 is 0. The molecule has 1 N–H and O–H groups in total. The van der Waals surface area contributed by atoms with Gasteiger partial charge in [-0.05, 0) is 6.42 Å². The van der Waals surface area contributed by atoms with Gasteiger partial charge in [0, 0.05) is 26.1 Å². The molecular formula is C15H27N3O. The second-order valence-electron chi connectivity index (χ2n) is 5.31. The smallest absolute Gasteiger partial charge is 0.223 e. The molecule has 0 radical (unpaired) electrons. The van der Waals surface area contributed by atoms with Crippen LogP contribution in [0.1, 0.15) is 58.3 Å². The van der Waals surface area contributed by atoms with E-state index in [1.165, 1.54) is 32.1 Å². The zero-order chi connectivity index (χ0) is 13.9. The van der Waals surface area contributed by atoms with Crippen LogP contribution in [-0.2, 0) is 4.79 Å². The van der Waals surface area contributed by atoms with Crippen LogP contribution in [-0.4, -0.2) is 36.5 Å². The SMILES string of the molecule is CCCCCCCCCC(=O)N1CCNCC1C#N. The second kappa shape index (κ2) is 9.80. The van der Waals surface area contributed by atoms with E-state index in [1.807, 2.05) is 0 Å². The van der Waals surface area contributed by atoms with Gasteiger partial charge >= 0.3 is 0 Å². The van der Waals surface area contributed by atoms with Gasteiger partial charge < -0.3 is 10.2 Å². The quantitative estimate of drug-likeness (QED) is 0.686. The van der Waals surface area contributed by atoms with E-state index in [0.717, 1.165) is 19.4 Å². The monoisotopic (exact) mass is 265 g/mol. The standard InChI is InChI=1S/C15H27N3O/c1-2-3-4-5-6-7-8-9-15(19)18-11-10-17-13-14(18)12-16/h14,17H,2-11,13H2,1H3.